The lowest BCUT2D eigenvalue weighted by Gasteiger charge is -2.10. The fraction of sp³-hybridized carbons (Fsp3) is 0.0588. The van der Waals surface area contributed by atoms with E-state index in [1.807, 2.05) is 25.1 Å². The number of aromatic nitrogens is 1. The summed E-state index contributed by atoms with van der Waals surface area (Å²) in [5, 5.41) is 9.04. The van der Waals surface area contributed by atoms with E-state index in [0.29, 0.717) is 22.2 Å². The number of thiol groups is 1. The summed E-state index contributed by atoms with van der Waals surface area (Å²) < 4.78 is 13.6. The Labute approximate surface area is 127 Å². The van der Waals surface area contributed by atoms with Crippen molar-refractivity contribution in [3.8, 4) is 0 Å². The molecule has 4 heteroatoms. The smallest absolute Gasteiger partial charge is 0.149 e. The number of rotatable bonds is 2. The number of para-hydroxylation sites is 1. The fourth-order valence-corrected chi connectivity index (χ4v) is 2.54. The van der Waals surface area contributed by atoms with Crippen molar-refractivity contribution in [2.45, 2.75) is 11.8 Å². The second kappa shape index (κ2) is 5.30. The second-order valence-corrected chi connectivity index (χ2v) is 5.33. The molecule has 0 aliphatic heterocycles. The van der Waals surface area contributed by atoms with Crippen LogP contribution in [0, 0.1) is 18.2 Å². The monoisotopic (exact) mass is 296 g/mol. The Kier molecular flexibility index (Phi) is 3.47. The van der Waals surface area contributed by atoms with Crippen LogP contribution in [0.15, 0.2) is 53.6 Å². The predicted octanol–water partition coefficient (Wildman–Crippen LogP) is 4.39. The van der Waals surface area contributed by atoms with E-state index in [1.54, 1.807) is 18.2 Å². The third-order valence-electron chi connectivity index (χ3n) is 3.46. The van der Waals surface area contributed by atoms with Gasteiger partial charge >= 0.3 is 0 Å². The van der Waals surface area contributed by atoms with Gasteiger partial charge in [-0.05, 0) is 24.6 Å². The molecule has 0 saturated heterocycles. The third-order valence-corrected chi connectivity index (χ3v) is 4.05. The summed E-state index contributed by atoms with van der Waals surface area (Å²) in [5.74, 6) is -0.351. The zero-order valence-electron chi connectivity index (χ0n) is 11.4. The van der Waals surface area contributed by atoms with Crippen molar-refractivity contribution < 1.29 is 4.39 Å². The lowest BCUT2D eigenvalue weighted by molar-refractivity contribution is 0.637. The lowest BCUT2D eigenvalue weighted by Crippen LogP contribution is -2.04. The quantitative estimate of drug-likeness (QED) is 0.534. The normalized spacial score (nSPS) is 10.8. The first-order valence-corrected chi connectivity index (χ1v) is 6.95. The van der Waals surface area contributed by atoms with Crippen molar-refractivity contribution in [1.82, 2.24) is 4.98 Å². The molecule has 0 spiro atoms. The molecular formula is C17H13FN2S. The van der Waals surface area contributed by atoms with E-state index < -0.39 is 0 Å². The molecule has 0 atom stereocenters. The van der Waals surface area contributed by atoms with Gasteiger partial charge in [0.05, 0.1) is 5.71 Å². The molecule has 104 valence electrons. The van der Waals surface area contributed by atoms with Gasteiger partial charge in [-0.25, -0.2) is 4.39 Å². The average Bonchev–Trinajstić information content (AvgIpc) is 2.49. The third kappa shape index (κ3) is 2.43. The van der Waals surface area contributed by atoms with Gasteiger partial charge in [-0.15, -0.1) is 12.6 Å². The van der Waals surface area contributed by atoms with E-state index >= 15 is 0 Å². The minimum Gasteiger partial charge on any atom is -0.300 e. The van der Waals surface area contributed by atoms with E-state index in [9.17, 15) is 4.39 Å². The summed E-state index contributed by atoms with van der Waals surface area (Å²) in [5.41, 5.74) is 3.07. The molecule has 0 bridgehead atoms. The summed E-state index contributed by atoms with van der Waals surface area (Å²) in [6, 6.07) is 12.3. The number of benzene rings is 2. The standard InChI is InChI=1S/C17H13FN2S/c1-10-4-2-6-13(17(10)21)15(19)12-8-11-5-3-7-14(18)16(11)20-9-12/h2-9,19,21H,1H3. The van der Waals surface area contributed by atoms with Crippen LogP contribution in [0.3, 0.4) is 0 Å². The molecule has 1 N–H and O–H groups in total. The minimum absolute atomic E-state index is 0.324. The average molecular weight is 296 g/mol. The molecule has 0 aliphatic rings. The van der Waals surface area contributed by atoms with Gasteiger partial charge in [-0.2, -0.15) is 0 Å². The van der Waals surface area contributed by atoms with Gasteiger partial charge in [0.1, 0.15) is 11.3 Å². The minimum atomic E-state index is -0.351. The summed E-state index contributed by atoms with van der Waals surface area (Å²) in [4.78, 5) is 4.92. The number of pyridine rings is 1. The van der Waals surface area contributed by atoms with Crippen molar-refractivity contribution in [1.29, 1.82) is 5.41 Å². The van der Waals surface area contributed by atoms with Crippen LogP contribution < -0.4 is 0 Å². The topological polar surface area (TPSA) is 36.7 Å². The van der Waals surface area contributed by atoms with Crippen molar-refractivity contribution in [2.24, 2.45) is 0 Å². The first-order valence-electron chi connectivity index (χ1n) is 6.50. The molecule has 0 fully saturated rings. The van der Waals surface area contributed by atoms with Crippen LogP contribution in [0.1, 0.15) is 16.7 Å². The van der Waals surface area contributed by atoms with Crippen LogP contribution in [0.5, 0.6) is 0 Å². The largest absolute Gasteiger partial charge is 0.300 e. The molecular weight excluding hydrogens is 283 g/mol. The van der Waals surface area contributed by atoms with E-state index in [2.05, 4.69) is 17.6 Å². The highest BCUT2D eigenvalue weighted by Crippen LogP contribution is 2.23. The number of hydrogen-bond donors (Lipinski definition) is 2. The molecule has 3 aromatic rings. The summed E-state index contributed by atoms with van der Waals surface area (Å²) in [6.45, 7) is 1.95. The molecule has 2 aromatic carbocycles. The molecule has 0 radical (unpaired) electrons. The maximum atomic E-state index is 13.6. The van der Waals surface area contributed by atoms with Crippen molar-refractivity contribution >= 4 is 29.2 Å². The number of aryl methyl sites for hydroxylation is 1. The zero-order valence-corrected chi connectivity index (χ0v) is 12.3. The van der Waals surface area contributed by atoms with E-state index in [4.69, 9.17) is 5.41 Å². The van der Waals surface area contributed by atoms with E-state index in [1.165, 1.54) is 12.3 Å². The highest BCUT2D eigenvalue weighted by atomic mass is 32.1. The van der Waals surface area contributed by atoms with Gasteiger partial charge in [0.15, 0.2) is 0 Å². The van der Waals surface area contributed by atoms with E-state index in [0.717, 1.165) is 16.0 Å². The Hall–Kier alpha value is -2.20. The number of nitrogens with zero attached hydrogens (tertiary/aromatic N) is 1. The lowest BCUT2D eigenvalue weighted by atomic mass is 10.0. The summed E-state index contributed by atoms with van der Waals surface area (Å²) >= 11 is 4.47. The molecule has 1 heterocycles. The van der Waals surface area contributed by atoms with Crippen LogP contribution >= 0.6 is 12.6 Å². The van der Waals surface area contributed by atoms with Gasteiger partial charge in [0, 0.05) is 27.6 Å². The van der Waals surface area contributed by atoms with Crippen molar-refractivity contribution in [2.75, 3.05) is 0 Å². The van der Waals surface area contributed by atoms with Crippen molar-refractivity contribution in [3.63, 3.8) is 0 Å². The number of halogens is 1. The molecule has 1 aromatic heterocycles. The van der Waals surface area contributed by atoms with Gasteiger partial charge in [-0.3, -0.25) is 10.4 Å². The predicted molar refractivity (Wildman–Crippen MR) is 86.1 cm³/mol. The summed E-state index contributed by atoms with van der Waals surface area (Å²) in [6.07, 6.45) is 1.53. The van der Waals surface area contributed by atoms with Gasteiger partial charge in [0.2, 0.25) is 0 Å². The van der Waals surface area contributed by atoms with Gasteiger partial charge in [0.25, 0.3) is 0 Å². The Balaban J connectivity index is 2.12. The Morgan fingerprint density at radius 2 is 1.95 bits per heavy atom. The first kappa shape index (κ1) is 13.8. The van der Waals surface area contributed by atoms with Gasteiger partial charge in [-0.1, -0.05) is 30.3 Å². The molecule has 21 heavy (non-hydrogen) atoms. The fourth-order valence-electron chi connectivity index (χ4n) is 2.28. The molecule has 2 nitrogen and oxygen atoms in total. The highest BCUT2D eigenvalue weighted by Gasteiger charge is 2.11. The Morgan fingerprint density at radius 1 is 1.19 bits per heavy atom. The van der Waals surface area contributed by atoms with Crippen molar-refractivity contribution in [3.05, 3.63) is 71.2 Å². The molecule has 0 amide bonds. The highest BCUT2D eigenvalue weighted by molar-refractivity contribution is 7.80. The molecule has 0 aliphatic carbocycles. The Bertz CT molecular complexity index is 859. The van der Waals surface area contributed by atoms with E-state index in [-0.39, 0.29) is 5.82 Å². The number of hydrogen-bond acceptors (Lipinski definition) is 3. The van der Waals surface area contributed by atoms with Gasteiger partial charge < -0.3 is 0 Å². The van der Waals surface area contributed by atoms with Crippen LogP contribution in [-0.4, -0.2) is 10.7 Å². The number of fused-ring (bicyclic) bond motifs is 1. The van der Waals surface area contributed by atoms with Crippen LogP contribution in [-0.2, 0) is 0 Å². The van der Waals surface area contributed by atoms with Crippen LogP contribution in [0.4, 0.5) is 4.39 Å². The SMILES string of the molecule is Cc1cccc(C(=N)c2cnc3c(F)cccc3c2)c1S. The zero-order chi connectivity index (χ0) is 15.0. The van der Waals surface area contributed by atoms with Crippen LogP contribution in [0.25, 0.3) is 10.9 Å². The molecule has 0 unspecified atom stereocenters. The van der Waals surface area contributed by atoms with Crippen LogP contribution in [0.2, 0.25) is 0 Å². The summed E-state index contributed by atoms with van der Waals surface area (Å²) in [7, 11) is 0. The second-order valence-electron chi connectivity index (χ2n) is 4.88. The maximum absolute atomic E-state index is 13.6. The Morgan fingerprint density at radius 3 is 2.76 bits per heavy atom. The maximum Gasteiger partial charge on any atom is 0.149 e. The molecule has 0 saturated carbocycles. The number of nitrogens with one attached hydrogen (secondary N) is 1. The molecule has 3 rings (SSSR count). The first-order chi connectivity index (χ1) is 10.1.